The second-order valence-electron chi connectivity index (χ2n) is 6.50. The molecule has 0 saturated heterocycles. The number of unbranched alkanes of at least 4 members (excludes halogenated alkanes) is 2. The molecule has 0 aliphatic heterocycles. The van der Waals surface area contributed by atoms with E-state index in [0.29, 0.717) is 25.0 Å². The van der Waals surface area contributed by atoms with Gasteiger partial charge in [0.15, 0.2) is 0 Å². The van der Waals surface area contributed by atoms with E-state index < -0.39 is 0 Å². The van der Waals surface area contributed by atoms with Gasteiger partial charge in [0, 0.05) is 6.42 Å². The molecule has 0 radical (unpaired) electrons. The van der Waals surface area contributed by atoms with Gasteiger partial charge in [-0.3, -0.25) is 4.79 Å². The summed E-state index contributed by atoms with van der Waals surface area (Å²) in [5.41, 5.74) is 0.384. The molecule has 0 aliphatic carbocycles. The molecule has 0 aromatic heterocycles. The molecule has 3 nitrogen and oxygen atoms in total. The van der Waals surface area contributed by atoms with Crippen LogP contribution in [0.2, 0.25) is 0 Å². The quantitative estimate of drug-likeness (QED) is 0.492. The summed E-state index contributed by atoms with van der Waals surface area (Å²) in [6.45, 7) is 7.45. The van der Waals surface area contributed by atoms with E-state index in [9.17, 15) is 4.79 Å². The Morgan fingerprint density at radius 2 is 1.71 bits per heavy atom. The molecule has 0 bridgehead atoms. The van der Waals surface area contributed by atoms with Crippen molar-refractivity contribution < 1.29 is 14.3 Å². The molecule has 1 aromatic carbocycles. The molecule has 0 N–H and O–H groups in total. The highest BCUT2D eigenvalue weighted by molar-refractivity contribution is 5.69. The third kappa shape index (κ3) is 9.94. The third-order valence-electron chi connectivity index (χ3n) is 3.17. The highest BCUT2D eigenvalue weighted by Gasteiger charge is 2.09. The van der Waals surface area contributed by atoms with Gasteiger partial charge in [-0.05, 0) is 30.4 Å². The van der Waals surface area contributed by atoms with Crippen LogP contribution in [0.5, 0.6) is 5.75 Å². The lowest BCUT2D eigenvalue weighted by atomic mass is 9.89. The monoisotopic (exact) mass is 292 g/mol. The molecule has 0 aliphatic rings. The second kappa shape index (κ2) is 9.43. The van der Waals surface area contributed by atoms with Crippen molar-refractivity contribution in [3.05, 3.63) is 30.3 Å². The van der Waals surface area contributed by atoms with Crippen LogP contribution in [-0.2, 0) is 9.53 Å². The Bertz CT molecular complexity index is 393. The molecule has 1 rings (SSSR count). The summed E-state index contributed by atoms with van der Waals surface area (Å²) in [7, 11) is 0. The summed E-state index contributed by atoms with van der Waals surface area (Å²) in [6.07, 6.45) is 4.89. The maximum atomic E-state index is 11.5. The van der Waals surface area contributed by atoms with E-state index in [2.05, 4.69) is 20.8 Å². The van der Waals surface area contributed by atoms with Gasteiger partial charge < -0.3 is 9.47 Å². The number of benzene rings is 1. The van der Waals surface area contributed by atoms with E-state index in [1.54, 1.807) is 0 Å². The molecule has 21 heavy (non-hydrogen) atoms. The van der Waals surface area contributed by atoms with Crippen molar-refractivity contribution in [3.8, 4) is 5.75 Å². The Morgan fingerprint density at radius 1 is 1.00 bits per heavy atom. The van der Waals surface area contributed by atoms with Crippen LogP contribution in [0.15, 0.2) is 30.3 Å². The topological polar surface area (TPSA) is 35.5 Å². The van der Waals surface area contributed by atoms with Gasteiger partial charge in [-0.15, -0.1) is 0 Å². The van der Waals surface area contributed by atoms with Gasteiger partial charge in [0.25, 0.3) is 0 Å². The number of esters is 1. The van der Waals surface area contributed by atoms with Crippen molar-refractivity contribution in [2.45, 2.75) is 52.9 Å². The van der Waals surface area contributed by atoms with Gasteiger partial charge in [-0.1, -0.05) is 51.8 Å². The Morgan fingerprint density at radius 3 is 2.38 bits per heavy atom. The lowest BCUT2D eigenvalue weighted by Gasteiger charge is -2.17. The Labute approximate surface area is 128 Å². The summed E-state index contributed by atoms with van der Waals surface area (Å²) in [4.78, 5) is 11.5. The Hall–Kier alpha value is -1.51. The zero-order valence-electron chi connectivity index (χ0n) is 13.6. The zero-order valence-corrected chi connectivity index (χ0v) is 13.6. The highest BCUT2D eigenvalue weighted by atomic mass is 16.6. The van der Waals surface area contributed by atoms with Gasteiger partial charge in [0.05, 0.1) is 0 Å². The van der Waals surface area contributed by atoms with Crippen molar-refractivity contribution in [1.29, 1.82) is 0 Å². The van der Waals surface area contributed by atoms with Crippen LogP contribution >= 0.6 is 0 Å². The molecular formula is C18H28O3. The summed E-state index contributed by atoms with van der Waals surface area (Å²) < 4.78 is 10.6. The van der Waals surface area contributed by atoms with Crippen molar-refractivity contribution in [2.24, 2.45) is 5.41 Å². The van der Waals surface area contributed by atoms with Crippen LogP contribution < -0.4 is 4.74 Å². The van der Waals surface area contributed by atoms with E-state index in [-0.39, 0.29) is 5.97 Å². The number of carbonyl (C=O) groups excluding carboxylic acids is 1. The molecule has 0 heterocycles. The van der Waals surface area contributed by atoms with E-state index in [4.69, 9.17) is 9.47 Å². The van der Waals surface area contributed by atoms with Crippen molar-refractivity contribution in [2.75, 3.05) is 13.2 Å². The number of hydrogen-bond donors (Lipinski definition) is 0. The number of para-hydroxylation sites is 1. The fraction of sp³-hybridized carbons (Fsp3) is 0.611. The highest BCUT2D eigenvalue weighted by Crippen LogP contribution is 2.22. The van der Waals surface area contributed by atoms with Crippen molar-refractivity contribution in [1.82, 2.24) is 0 Å². The third-order valence-corrected chi connectivity index (χ3v) is 3.17. The Kier molecular flexibility index (Phi) is 7.88. The number of carbonyl (C=O) groups is 1. The zero-order chi connectivity index (χ0) is 15.6. The van der Waals surface area contributed by atoms with Crippen molar-refractivity contribution in [3.63, 3.8) is 0 Å². The lowest BCUT2D eigenvalue weighted by molar-refractivity contribution is -0.144. The predicted molar refractivity (Wildman–Crippen MR) is 85.4 cm³/mol. The second-order valence-corrected chi connectivity index (χ2v) is 6.50. The number of hydrogen-bond acceptors (Lipinski definition) is 3. The van der Waals surface area contributed by atoms with Crippen LogP contribution in [0.4, 0.5) is 0 Å². The molecule has 0 amide bonds. The molecule has 0 fully saturated rings. The van der Waals surface area contributed by atoms with E-state index >= 15 is 0 Å². The number of rotatable bonds is 9. The molecular weight excluding hydrogens is 264 g/mol. The lowest BCUT2D eigenvalue weighted by Crippen LogP contribution is -2.12. The van der Waals surface area contributed by atoms with E-state index in [1.807, 2.05) is 30.3 Å². The molecule has 0 unspecified atom stereocenters. The first-order valence-corrected chi connectivity index (χ1v) is 7.81. The molecule has 0 spiro atoms. The van der Waals surface area contributed by atoms with Crippen LogP contribution in [0, 0.1) is 5.41 Å². The van der Waals surface area contributed by atoms with Crippen LogP contribution in [0.1, 0.15) is 52.9 Å². The molecule has 3 heteroatoms. The fourth-order valence-electron chi connectivity index (χ4n) is 2.01. The first-order chi connectivity index (χ1) is 9.97. The average molecular weight is 292 g/mol. The molecule has 1 aromatic rings. The average Bonchev–Trinajstić information content (AvgIpc) is 2.43. The van der Waals surface area contributed by atoms with Crippen LogP contribution in [0.25, 0.3) is 0 Å². The van der Waals surface area contributed by atoms with Gasteiger partial charge in [0.1, 0.15) is 19.0 Å². The van der Waals surface area contributed by atoms with Gasteiger partial charge in [0.2, 0.25) is 0 Å². The summed E-state index contributed by atoms with van der Waals surface area (Å²) in [5.74, 6) is 0.679. The number of ether oxygens (including phenoxy) is 2. The van der Waals surface area contributed by atoms with E-state index in [1.165, 1.54) is 12.8 Å². The summed E-state index contributed by atoms with van der Waals surface area (Å²) in [5, 5.41) is 0. The standard InChI is InChI=1S/C18H28O3/c1-18(2,3)13-9-5-8-12-17(19)21-15-14-20-16-10-6-4-7-11-16/h4,6-7,10-11H,5,8-9,12-15H2,1-3H3. The normalized spacial score (nSPS) is 11.2. The largest absolute Gasteiger partial charge is 0.490 e. The summed E-state index contributed by atoms with van der Waals surface area (Å²) in [6, 6.07) is 9.54. The predicted octanol–water partition coefficient (Wildman–Crippen LogP) is 4.61. The minimum absolute atomic E-state index is 0.123. The minimum Gasteiger partial charge on any atom is -0.490 e. The summed E-state index contributed by atoms with van der Waals surface area (Å²) >= 11 is 0. The first-order valence-electron chi connectivity index (χ1n) is 7.81. The first kappa shape index (κ1) is 17.5. The maximum Gasteiger partial charge on any atom is 0.305 e. The SMILES string of the molecule is CC(C)(C)CCCCCC(=O)OCCOc1ccccc1. The molecule has 0 atom stereocenters. The smallest absolute Gasteiger partial charge is 0.305 e. The minimum atomic E-state index is -0.123. The van der Waals surface area contributed by atoms with Gasteiger partial charge >= 0.3 is 5.97 Å². The van der Waals surface area contributed by atoms with Crippen molar-refractivity contribution >= 4 is 5.97 Å². The fourth-order valence-corrected chi connectivity index (χ4v) is 2.01. The van der Waals surface area contributed by atoms with E-state index in [0.717, 1.165) is 18.6 Å². The maximum absolute atomic E-state index is 11.5. The molecule has 118 valence electrons. The van der Waals surface area contributed by atoms with Gasteiger partial charge in [-0.25, -0.2) is 0 Å². The van der Waals surface area contributed by atoms with Gasteiger partial charge in [-0.2, -0.15) is 0 Å². The van der Waals surface area contributed by atoms with Crippen LogP contribution in [-0.4, -0.2) is 19.2 Å². The molecule has 0 saturated carbocycles. The Balaban J connectivity index is 1.97. The van der Waals surface area contributed by atoms with Crippen LogP contribution in [0.3, 0.4) is 0 Å².